The van der Waals surface area contributed by atoms with Crippen molar-refractivity contribution in [1.82, 2.24) is 10.6 Å². The molecule has 2 amide bonds. The molecule has 6 heteroatoms. The zero-order valence-electron chi connectivity index (χ0n) is 13.1. The average Bonchev–Trinajstić information content (AvgIpc) is 2.56. The quantitative estimate of drug-likeness (QED) is 0.680. The summed E-state index contributed by atoms with van der Waals surface area (Å²) >= 11 is 0. The van der Waals surface area contributed by atoms with E-state index in [1.807, 2.05) is 0 Å². The van der Waals surface area contributed by atoms with Crippen LogP contribution >= 0.6 is 0 Å². The van der Waals surface area contributed by atoms with Crippen LogP contribution in [-0.2, 0) is 11.2 Å². The van der Waals surface area contributed by atoms with E-state index in [2.05, 4.69) is 10.6 Å². The number of aromatic hydroxyl groups is 1. The Labute approximate surface area is 139 Å². The van der Waals surface area contributed by atoms with E-state index in [0.29, 0.717) is 25.1 Å². The van der Waals surface area contributed by atoms with Crippen LogP contribution in [0.1, 0.15) is 22.3 Å². The van der Waals surface area contributed by atoms with E-state index in [-0.39, 0.29) is 29.5 Å². The number of halogens is 1. The fourth-order valence-corrected chi connectivity index (χ4v) is 2.15. The van der Waals surface area contributed by atoms with E-state index in [9.17, 15) is 19.1 Å². The van der Waals surface area contributed by atoms with Crippen molar-refractivity contribution >= 4 is 11.8 Å². The van der Waals surface area contributed by atoms with Crippen LogP contribution in [0.5, 0.6) is 5.75 Å². The molecule has 2 aromatic rings. The van der Waals surface area contributed by atoms with Gasteiger partial charge < -0.3 is 15.7 Å². The number of benzene rings is 2. The summed E-state index contributed by atoms with van der Waals surface area (Å²) in [7, 11) is 0. The van der Waals surface area contributed by atoms with Crippen LogP contribution in [0.15, 0.2) is 48.5 Å². The lowest BCUT2D eigenvalue weighted by molar-refractivity contribution is -0.120. The van der Waals surface area contributed by atoms with Crippen molar-refractivity contribution in [3.8, 4) is 5.75 Å². The first-order chi connectivity index (χ1) is 11.6. The van der Waals surface area contributed by atoms with E-state index < -0.39 is 5.82 Å². The van der Waals surface area contributed by atoms with Crippen LogP contribution in [0, 0.1) is 5.82 Å². The minimum absolute atomic E-state index is 0.0926. The molecule has 126 valence electrons. The van der Waals surface area contributed by atoms with Gasteiger partial charge >= 0.3 is 0 Å². The first-order valence-corrected chi connectivity index (χ1v) is 7.63. The first-order valence-electron chi connectivity index (χ1n) is 7.63. The molecule has 0 aliphatic carbocycles. The van der Waals surface area contributed by atoms with Gasteiger partial charge in [0.2, 0.25) is 5.91 Å². The molecule has 0 heterocycles. The summed E-state index contributed by atoms with van der Waals surface area (Å²) in [6.45, 7) is 0.766. The number of rotatable bonds is 7. The Morgan fingerprint density at radius 3 is 2.50 bits per heavy atom. The summed E-state index contributed by atoms with van der Waals surface area (Å²) < 4.78 is 13.0. The molecule has 0 saturated carbocycles. The summed E-state index contributed by atoms with van der Waals surface area (Å²) in [6, 6.07) is 12.1. The molecule has 0 unspecified atom stereocenters. The van der Waals surface area contributed by atoms with Gasteiger partial charge in [-0.15, -0.1) is 0 Å². The first kappa shape index (κ1) is 17.5. The van der Waals surface area contributed by atoms with Crippen LogP contribution in [-0.4, -0.2) is 30.0 Å². The molecule has 0 spiro atoms. The smallest absolute Gasteiger partial charge is 0.251 e. The van der Waals surface area contributed by atoms with Gasteiger partial charge in [-0.05, 0) is 30.7 Å². The molecule has 0 aliphatic rings. The highest BCUT2D eigenvalue weighted by atomic mass is 19.1. The zero-order chi connectivity index (χ0) is 17.4. The van der Waals surface area contributed by atoms with Gasteiger partial charge in [0.05, 0.1) is 6.42 Å². The number of hydrogen-bond donors (Lipinski definition) is 3. The fraction of sp³-hybridized carbons (Fsp3) is 0.222. The topological polar surface area (TPSA) is 78.4 Å². The molecule has 0 fully saturated rings. The second-order valence-corrected chi connectivity index (χ2v) is 5.28. The molecule has 0 bridgehead atoms. The van der Waals surface area contributed by atoms with Gasteiger partial charge in [0.25, 0.3) is 5.91 Å². The molecule has 3 N–H and O–H groups in total. The van der Waals surface area contributed by atoms with Crippen LogP contribution in [0.25, 0.3) is 0 Å². The van der Waals surface area contributed by atoms with Gasteiger partial charge in [-0.3, -0.25) is 9.59 Å². The molecule has 0 radical (unpaired) electrons. The monoisotopic (exact) mass is 330 g/mol. The lowest BCUT2D eigenvalue weighted by atomic mass is 10.1. The maximum atomic E-state index is 13.0. The highest BCUT2D eigenvalue weighted by Gasteiger charge is 2.07. The third kappa shape index (κ3) is 5.39. The number of phenols is 1. The number of carbonyl (C=O) groups excluding carboxylic acids is 2. The predicted octanol–water partition coefficient (Wildman–Crippen LogP) is 2.01. The van der Waals surface area contributed by atoms with E-state index in [0.717, 1.165) is 0 Å². The van der Waals surface area contributed by atoms with Crippen LogP contribution in [0.2, 0.25) is 0 Å². The Morgan fingerprint density at radius 1 is 1.00 bits per heavy atom. The Bertz CT molecular complexity index is 719. The Kier molecular flexibility index (Phi) is 6.31. The van der Waals surface area contributed by atoms with Crippen molar-refractivity contribution in [2.24, 2.45) is 0 Å². The van der Waals surface area contributed by atoms with E-state index >= 15 is 0 Å². The number of hydrogen-bond acceptors (Lipinski definition) is 3. The molecular formula is C18H19FN2O3. The van der Waals surface area contributed by atoms with Gasteiger partial charge in [-0.1, -0.05) is 24.3 Å². The third-order valence-corrected chi connectivity index (χ3v) is 3.39. The van der Waals surface area contributed by atoms with Gasteiger partial charge in [0.15, 0.2) is 0 Å². The molecule has 24 heavy (non-hydrogen) atoms. The van der Waals surface area contributed by atoms with Crippen LogP contribution in [0.4, 0.5) is 4.39 Å². The van der Waals surface area contributed by atoms with E-state index in [4.69, 9.17) is 0 Å². The number of carbonyl (C=O) groups is 2. The Hall–Kier alpha value is -2.89. The molecule has 0 aliphatic heterocycles. The maximum Gasteiger partial charge on any atom is 0.251 e. The highest BCUT2D eigenvalue weighted by Crippen LogP contribution is 2.15. The minimum Gasteiger partial charge on any atom is -0.508 e. The number of amides is 2. The largest absolute Gasteiger partial charge is 0.508 e. The summed E-state index contributed by atoms with van der Waals surface area (Å²) in [4.78, 5) is 23.5. The lowest BCUT2D eigenvalue weighted by Gasteiger charge is -2.08. The SMILES string of the molecule is O=C(Cc1ccccc1O)NCCCNC(=O)c1cccc(F)c1. The standard InChI is InChI=1S/C18H19FN2O3/c19-15-7-3-6-14(11-15)18(24)21-10-4-9-20-17(23)12-13-5-1-2-8-16(13)22/h1-3,5-8,11,22H,4,9-10,12H2,(H,20,23)(H,21,24). The molecular weight excluding hydrogens is 311 g/mol. The highest BCUT2D eigenvalue weighted by molar-refractivity contribution is 5.94. The summed E-state index contributed by atoms with van der Waals surface area (Å²) in [6.07, 6.45) is 0.649. The van der Waals surface area contributed by atoms with Crippen LogP contribution in [0.3, 0.4) is 0 Å². The minimum atomic E-state index is -0.459. The summed E-state index contributed by atoms with van der Waals surface area (Å²) in [5.74, 6) is -0.919. The summed E-state index contributed by atoms with van der Waals surface area (Å²) in [5, 5.41) is 15.0. The van der Waals surface area contributed by atoms with Gasteiger partial charge in [0, 0.05) is 24.2 Å². The number of para-hydroxylation sites is 1. The number of phenolic OH excluding ortho intramolecular Hbond substituents is 1. The van der Waals surface area contributed by atoms with Gasteiger partial charge in [0.1, 0.15) is 11.6 Å². The predicted molar refractivity (Wildman–Crippen MR) is 88.2 cm³/mol. The van der Waals surface area contributed by atoms with E-state index in [1.165, 1.54) is 30.3 Å². The third-order valence-electron chi connectivity index (χ3n) is 3.39. The fourth-order valence-electron chi connectivity index (χ4n) is 2.15. The molecule has 0 aromatic heterocycles. The van der Waals surface area contributed by atoms with Crippen molar-refractivity contribution in [2.75, 3.05) is 13.1 Å². The van der Waals surface area contributed by atoms with Crippen molar-refractivity contribution in [1.29, 1.82) is 0 Å². The Balaban J connectivity index is 1.65. The zero-order valence-corrected chi connectivity index (χ0v) is 13.1. The second-order valence-electron chi connectivity index (χ2n) is 5.28. The van der Waals surface area contributed by atoms with Crippen LogP contribution < -0.4 is 10.6 Å². The van der Waals surface area contributed by atoms with Crippen molar-refractivity contribution in [3.05, 3.63) is 65.5 Å². The normalized spacial score (nSPS) is 10.2. The summed E-state index contributed by atoms with van der Waals surface area (Å²) in [5.41, 5.74) is 0.827. The van der Waals surface area contributed by atoms with Crippen molar-refractivity contribution in [2.45, 2.75) is 12.8 Å². The molecule has 0 saturated heterocycles. The van der Waals surface area contributed by atoms with Gasteiger partial charge in [-0.2, -0.15) is 0 Å². The average molecular weight is 330 g/mol. The molecule has 5 nitrogen and oxygen atoms in total. The van der Waals surface area contributed by atoms with E-state index in [1.54, 1.807) is 18.2 Å². The molecule has 0 atom stereocenters. The van der Waals surface area contributed by atoms with Gasteiger partial charge in [-0.25, -0.2) is 4.39 Å². The lowest BCUT2D eigenvalue weighted by Crippen LogP contribution is -2.30. The van der Waals surface area contributed by atoms with Crippen molar-refractivity contribution in [3.63, 3.8) is 0 Å². The molecule has 2 aromatic carbocycles. The second kappa shape index (κ2) is 8.67. The number of nitrogens with one attached hydrogen (secondary N) is 2. The maximum absolute atomic E-state index is 13.0. The van der Waals surface area contributed by atoms with Crippen molar-refractivity contribution < 1.29 is 19.1 Å². The Morgan fingerprint density at radius 2 is 1.75 bits per heavy atom. The molecule has 2 rings (SSSR count).